The fourth-order valence-electron chi connectivity index (χ4n) is 3.32. The van der Waals surface area contributed by atoms with Crippen molar-refractivity contribution in [1.29, 1.82) is 0 Å². The maximum Gasteiger partial charge on any atom is 0.348 e. The summed E-state index contributed by atoms with van der Waals surface area (Å²) < 4.78 is 10.4. The molecule has 140 valence electrons. The van der Waals surface area contributed by atoms with Crippen LogP contribution in [0.4, 0.5) is 4.79 Å². The average molecular weight is 386 g/mol. The highest BCUT2D eigenvalue weighted by Crippen LogP contribution is 2.40. The summed E-state index contributed by atoms with van der Waals surface area (Å²) in [6.07, 6.45) is 1.72. The summed E-state index contributed by atoms with van der Waals surface area (Å²) in [5.41, 5.74) is 3.40. The Kier molecular flexibility index (Phi) is 4.57. The quantitative estimate of drug-likeness (QED) is 0.815. The molecule has 2 heterocycles. The second-order valence-corrected chi connectivity index (χ2v) is 7.39. The number of imide groups is 1. The lowest BCUT2D eigenvalue weighted by atomic mass is 9.91. The molecule has 3 amide bonds. The smallest absolute Gasteiger partial charge is 0.348 e. The number of hydrogen-bond acceptors (Lipinski definition) is 6. The highest BCUT2D eigenvalue weighted by molar-refractivity contribution is 7.17. The molecular weight excluding hydrogens is 368 g/mol. The van der Waals surface area contributed by atoms with Crippen LogP contribution >= 0.6 is 11.3 Å². The van der Waals surface area contributed by atoms with Gasteiger partial charge >= 0.3 is 12.0 Å². The number of hydrogen-bond donors (Lipinski definition) is 1. The summed E-state index contributed by atoms with van der Waals surface area (Å²) in [4.78, 5) is 38.4. The zero-order valence-corrected chi connectivity index (χ0v) is 15.6. The molecule has 1 aliphatic carbocycles. The van der Waals surface area contributed by atoms with Crippen LogP contribution in [0.2, 0.25) is 0 Å². The van der Waals surface area contributed by atoms with Crippen LogP contribution in [-0.2, 0) is 22.4 Å². The number of urea groups is 1. The Morgan fingerprint density at radius 2 is 2.04 bits per heavy atom. The fourth-order valence-corrected chi connectivity index (χ4v) is 4.49. The van der Waals surface area contributed by atoms with Crippen LogP contribution in [0.3, 0.4) is 0 Å². The zero-order chi connectivity index (χ0) is 19.0. The molecular formula is C19H18N2O5S. The van der Waals surface area contributed by atoms with Gasteiger partial charge in [-0.15, -0.1) is 11.3 Å². The van der Waals surface area contributed by atoms with E-state index in [1.54, 1.807) is 7.11 Å². The molecule has 0 unspecified atom stereocenters. The molecule has 1 saturated heterocycles. The van der Waals surface area contributed by atoms with Crippen LogP contribution in [-0.4, -0.2) is 49.6 Å². The van der Waals surface area contributed by atoms with Crippen LogP contribution < -0.4 is 10.1 Å². The van der Waals surface area contributed by atoms with Gasteiger partial charge in [0.1, 0.15) is 10.6 Å². The first kappa shape index (κ1) is 17.5. The van der Waals surface area contributed by atoms with Gasteiger partial charge in [-0.2, -0.15) is 0 Å². The second kappa shape index (κ2) is 7.03. The minimum atomic E-state index is -0.544. The molecule has 0 spiro atoms. The van der Waals surface area contributed by atoms with Crippen molar-refractivity contribution in [1.82, 2.24) is 10.2 Å². The number of rotatable bonds is 4. The van der Waals surface area contributed by atoms with Gasteiger partial charge in [0.25, 0.3) is 5.91 Å². The van der Waals surface area contributed by atoms with Gasteiger partial charge < -0.3 is 14.8 Å². The lowest BCUT2D eigenvalue weighted by Gasteiger charge is -2.16. The Morgan fingerprint density at radius 1 is 1.22 bits per heavy atom. The maximum absolute atomic E-state index is 12.4. The predicted molar refractivity (Wildman–Crippen MR) is 99.1 cm³/mol. The average Bonchev–Trinajstić information content (AvgIpc) is 3.31. The molecule has 8 heteroatoms. The number of fused-ring (bicyclic) bond motifs is 3. The topological polar surface area (TPSA) is 84.9 Å². The fraction of sp³-hybridized carbons (Fsp3) is 0.316. The van der Waals surface area contributed by atoms with Crippen molar-refractivity contribution in [2.45, 2.75) is 12.8 Å². The molecule has 27 heavy (non-hydrogen) atoms. The Labute approximate surface area is 159 Å². The molecule has 7 nitrogen and oxygen atoms in total. The molecule has 0 saturated carbocycles. The van der Waals surface area contributed by atoms with Gasteiger partial charge in [0.15, 0.2) is 6.61 Å². The standard InChI is InChI=1S/C19H18N2O5S/c1-25-13-4-5-14-11(8-13)2-3-12-9-15(27-17(12)14)18(23)26-10-16(22)21-7-6-20-19(21)24/h4-5,8-9H,2-3,6-7,10H2,1H3,(H,20,24). The predicted octanol–water partition coefficient (Wildman–Crippen LogP) is 2.23. The Hall–Kier alpha value is -2.87. The number of aryl methyl sites for hydroxylation is 2. The molecule has 1 aliphatic heterocycles. The Bertz CT molecular complexity index is 936. The first-order valence-corrected chi connectivity index (χ1v) is 9.44. The van der Waals surface area contributed by atoms with Crippen molar-refractivity contribution in [3.8, 4) is 16.2 Å². The van der Waals surface area contributed by atoms with E-state index in [-0.39, 0.29) is 0 Å². The van der Waals surface area contributed by atoms with E-state index >= 15 is 0 Å². The SMILES string of the molecule is COc1ccc2c(c1)CCc1cc(C(=O)OCC(=O)N3CCNC3=O)sc1-2. The Morgan fingerprint density at radius 3 is 2.78 bits per heavy atom. The number of ether oxygens (including phenoxy) is 2. The summed E-state index contributed by atoms with van der Waals surface area (Å²) in [6, 6.07) is 7.33. The van der Waals surface area contributed by atoms with Gasteiger partial charge in [-0.1, -0.05) is 0 Å². The van der Waals surface area contributed by atoms with Crippen LogP contribution in [0.5, 0.6) is 5.75 Å². The zero-order valence-electron chi connectivity index (χ0n) is 14.7. The number of nitrogens with zero attached hydrogens (tertiary/aromatic N) is 1. The summed E-state index contributed by atoms with van der Waals surface area (Å²) in [7, 11) is 1.64. The van der Waals surface area contributed by atoms with Gasteiger partial charge in [-0.05, 0) is 53.8 Å². The van der Waals surface area contributed by atoms with Gasteiger partial charge in [0.05, 0.1) is 7.11 Å². The van der Waals surface area contributed by atoms with Crippen LogP contribution in [0.15, 0.2) is 24.3 Å². The molecule has 1 aromatic carbocycles. The number of carbonyl (C=O) groups excluding carboxylic acids is 3. The molecule has 2 aliphatic rings. The highest BCUT2D eigenvalue weighted by Gasteiger charge is 2.28. The van der Waals surface area contributed by atoms with E-state index in [1.165, 1.54) is 16.9 Å². The molecule has 0 radical (unpaired) electrons. The third kappa shape index (κ3) is 3.28. The van der Waals surface area contributed by atoms with E-state index in [1.807, 2.05) is 24.3 Å². The van der Waals surface area contributed by atoms with E-state index in [9.17, 15) is 14.4 Å². The summed E-state index contributed by atoms with van der Waals surface area (Å²) >= 11 is 1.36. The van der Waals surface area contributed by atoms with Gasteiger partial charge in [0.2, 0.25) is 0 Å². The van der Waals surface area contributed by atoms with E-state index in [0.717, 1.165) is 39.5 Å². The normalized spacial score (nSPS) is 15.0. The third-order valence-corrected chi connectivity index (χ3v) is 5.91. The minimum Gasteiger partial charge on any atom is -0.497 e. The molecule has 2 aromatic rings. The third-order valence-electron chi connectivity index (χ3n) is 4.72. The Balaban J connectivity index is 1.48. The molecule has 1 aromatic heterocycles. The van der Waals surface area contributed by atoms with Crippen molar-refractivity contribution in [2.24, 2.45) is 0 Å². The first-order valence-electron chi connectivity index (χ1n) is 8.62. The lowest BCUT2D eigenvalue weighted by molar-refractivity contribution is -0.130. The number of nitrogens with one attached hydrogen (secondary N) is 1. The summed E-state index contributed by atoms with van der Waals surface area (Å²) in [6.45, 7) is 0.270. The number of esters is 1. The molecule has 4 rings (SSSR count). The first-order chi connectivity index (χ1) is 13.1. The van der Waals surface area contributed by atoms with Gasteiger partial charge in [-0.3, -0.25) is 9.69 Å². The van der Waals surface area contributed by atoms with Crippen molar-refractivity contribution >= 4 is 29.2 Å². The largest absolute Gasteiger partial charge is 0.497 e. The van der Waals surface area contributed by atoms with Crippen molar-refractivity contribution in [3.63, 3.8) is 0 Å². The van der Waals surface area contributed by atoms with Crippen molar-refractivity contribution < 1.29 is 23.9 Å². The summed E-state index contributed by atoms with van der Waals surface area (Å²) in [5.74, 6) is -0.243. The van der Waals surface area contributed by atoms with E-state index in [4.69, 9.17) is 9.47 Å². The number of benzene rings is 1. The van der Waals surface area contributed by atoms with Crippen LogP contribution in [0, 0.1) is 0 Å². The number of carbonyl (C=O) groups is 3. The van der Waals surface area contributed by atoms with Crippen LogP contribution in [0.25, 0.3) is 10.4 Å². The lowest BCUT2D eigenvalue weighted by Crippen LogP contribution is -2.37. The van der Waals surface area contributed by atoms with Gasteiger partial charge in [0, 0.05) is 18.0 Å². The molecule has 1 N–H and O–H groups in total. The van der Waals surface area contributed by atoms with E-state index < -0.39 is 24.5 Å². The van der Waals surface area contributed by atoms with Gasteiger partial charge in [-0.25, -0.2) is 9.59 Å². The highest BCUT2D eigenvalue weighted by atomic mass is 32.1. The molecule has 1 fully saturated rings. The van der Waals surface area contributed by atoms with E-state index in [0.29, 0.717) is 18.0 Å². The van der Waals surface area contributed by atoms with Crippen molar-refractivity contribution in [2.75, 3.05) is 26.8 Å². The maximum atomic E-state index is 12.4. The number of thiophene rings is 1. The second-order valence-electron chi connectivity index (χ2n) is 6.34. The minimum absolute atomic E-state index is 0.294. The monoisotopic (exact) mass is 386 g/mol. The van der Waals surface area contributed by atoms with Crippen molar-refractivity contribution in [3.05, 3.63) is 40.3 Å². The van der Waals surface area contributed by atoms with E-state index in [2.05, 4.69) is 5.32 Å². The van der Waals surface area contributed by atoms with Crippen LogP contribution in [0.1, 0.15) is 20.8 Å². The number of amides is 3. The summed E-state index contributed by atoms with van der Waals surface area (Å²) in [5, 5.41) is 2.54. The molecule has 0 atom stereocenters. The molecule has 0 bridgehead atoms. The number of methoxy groups -OCH3 is 1.